The Labute approximate surface area is 121 Å². The second kappa shape index (κ2) is 7.11. The van der Waals surface area contributed by atoms with Gasteiger partial charge in [-0.3, -0.25) is 0 Å². The van der Waals surface area contributed by atoms with E-state index in [1.165, 1.54) is 16.3 Å². The molecule has 0 unspecified atom stereocenters. The summed E-state index contributed by atoms with van der Waals surface area (Å²) in [7, 11) is 0. The number of ether oxygens (including phenoxy) is 1. The molecule has 0 radical (unpaired) electrons. The minimum atomic E-state index is 0.569. The predicted molar refractivity (Wildman–Crippen MR) is 86.3 cm³/mol. The zero-order valence-electron chi connectivity index (χ0n) is 12.4. The summed E-state index contributed by atoms with van der Waals surface area (Å²) in [5.74, 6) is 0.954. The van der Waals surface area contributed by atoms with Gasteiger partial charge in [0.25, 0.3) is 0 Å². The third-order valence-electron chi connectivity index (χ3n) is 3.20. The van der Waals surface area contributed by atoms with E-state index in [9.17, 15) is 0 Å². The molecule has 0 amide bonds. The van der Waals surface area contributed by atoms with Crippen LogP contribution in [0.4, 0.5) is 0 Å². The highest BCUT2D eigenvalue weighted by Gasteiger charge is 2.08. The van der Waals surface area contributed by atoms with Gasteiger partial charge < -0.3 is 10.1 Å². The van der Waals surface area contributed by atoms with Crippen LogP contribution in [0, 0.1) is 0 Å². The van der Waals surface area contributed by atoms with Gasteiger partial charge in [-0.15, -0.1) is 0 Å². The molecule has 0 bridgehead atoms. The van der Waals surface area contributed by atoms with E-state index in [1.54, 1.807) is 0 Å². The second-order valence-corrected chi connectivity index (χ2v) is 5.19. The van der Waals surface area contributed by atoms with Gasteiger partial charge >= 0.3 is 0 Å². The largest absolute Gasteiger partial charge is 0.489 e. The average Bonchev–Trinajstić information content (AvgIpc) is 2.46. The van der Waals surface area contributed by atoms with Crippen LogP contribution in [-0.4, -0.2) is 13.2 Å². The fourth-order valence-electron chi connectivity index (χ4n) is 2.22. The average molecular weight is 269 g/mol. The molecule has 0 aliphatic carbocycles. The molecule has 2 aromatic carbocycles. The highest BCUT2D eigenvalue weighted by Crippen LogP contribution is 2.28. The minimum absolute atomic E-state index is 0.569. The Balaban J connectivity index is 2.33. The van der Waals surface area contributed by atoms with Gasteiger partial charge in [0.1, 0.15) is 12.4 Å². The molecule has 0 spiro atoms. The summed E-state index contributed by atoms with van der Waals surface area (Å²) in [6.07, 6.45) is 1.13. The fourth-order valence-corrected chi connectivity index (χ4v) is 2.22. The second-order valence-electron chi connectivity index (χ2n) is 5.19. The molecule has 2 aromatic rings. The van der Waals surface area contributed by atoms with Crippen molar-refractivity contribution in [1.82, 2.24) is 5.32 Å². The first-order chi connectivity index (χ1) is 9.72. The SMILES string of the molecule is C=C(C)COc1ccc2ccccc2c1CNCCC. The van der Waals surface area contributed by atoms with Gasteiger partial charge in [0.05, 0.1) is 0 Å². The monoisotopic (exact) mass is 269 g/mol. The summed E-state index contributed by atoms with van der Waals surface area (Å²) in [6.45, 7) is 10.5. The quantitative estimate of drug-likeness (QED) is 0.598. The van der Waals surface area contributed by atoms with Gasteiger partial charge in [-0.1, -0.05) is 43.8 Å². The van der Waals surface area contributed by atoms with Crippen LogP contribution >= 0.6 is 0 Å². The summed E-state index contributed by atoms with van der Waals surface area (Å²) in [4.78, 5) is 0. The van der Waals surface area contributed by atoms with E-state index in [2.05, 4.69) is 55.2 Å². The Morgan fingerprint density at radius 3 is 2.75 bits per heavy atom. The number of hydrogen-bond donors (Lipinski definition) is 1. The first-order valence-electron chi connectivity index (χ1n) is 7.21. The zero-order chi connectivity index (χ0) is 14.4. The highest BCUT2D eigenvalue weighted by molar-refractivity contribution is 5.87. The Kier molecular flexibility index (Phi) is 5.19. The fraction of sp³-hybridized carbons (Fsp3) is 0.333. The van der Waals surface area contributed by atoms with Crippen LogP contribution in [0.5, 0.6) is 5.75 Å². The van der Waals surface area contributed by atoms with E-state index in [4.69, 9.17) is 4.74 Å². The Morgan fingerprint density at radius 1 is 1.20 bits per heavy atom. The topological polar surface area (TPSA) is 21.3 Å². The van der Waals surface area contributed by atoms with Crippen LogP contribution in [0.3, 0.4) is 0 Å². The third kappa shape index (κ3) is 3.61. The standard InChI is InChI=1S/C18H23NO/c1-4-11-19-12-17-16-8-6-5-7-15(16)9-10-18(17)20-13-14(2)3/h5-10,19H,2,4,11-13H2,1,3H3. The molecule has 0 aliphatic rings. The van der Waals surface area contributed by atoms with Crippen molar-refractivity contribution in [2.75, 3.05) is 13.2 Å². The summed E-state index contributed by atoms with van der Waals surface area (Å²) in [5.41, 5.74) is 2.27. The maximum atomic E-state index is 5.90. The first-order valence-corrected chi connectivity index (χ1v) is 7.21. The maximum Gasteiger partial charge on any atom is 0.124 e. The molecule has 2 rings (SSSR count). The van der Waals surface area contributed by atoms with Crippen molar-refractivity contribution in [2.45, 2.75) is 26.8 Å². The van der Waals surface area contributed by atoms with E-state index in [1.807, 2.05) is 6.92 Å². The van der Waals surface area contributed by atoms with Crippen molar-refractivity contribution in [3.05, 3.63) is 54.1 Å². The van der Waals surface area contributed by atoms with Crippen LogP contribution < -0.4 is 10.1 Å². The maximum absolute atomic E-state index is 5.90. The Bertz CT molecular complexity index is 589. The smallest absolute Gasteiger partial charge is 0.124 e. The molecule has 1 N–H and O–H groups in total. The third-order valence-corrected chi connectivity index (χ3v) is 3.20. The van der Waals surface area contributed by atoms with Crippen molar-refractivity contribution in [3.63, 3.8) is 0 Å². The summed E-state index contributed by atoms with van der Waals surface area (Å²) >= 11 is 0. The van der Waals surface area contributed by atoms with E-state index >= 15 is 0 Å². The number of rotatable bonds is 7. The van der Waals surface area contributed by atoms with E-state index < -0.39 is 0 Å². The molecule has 0 saturated carbocycles. The molecular formula is C18H23NO. The molecule has 0 heterocycles. The van der Waals surface area contributed by atoms with Gasteiger partial charge in [0.15, 0.2) is 0 Å². The molecule has 0 atom stereocenters. The van der Waals surface area contributed by atoms with Gasteiger partial charge in [0, 0.05) is 12.1 Å². The molecule has 2 heteroatoms. The van der Waals surface area contributed by atoms with Crippen LogP contribution in [0.2, 0.25) is 0 Å². The van der Waals surface area contributed by atoms with E-state index in [0.29, 0.717) is 6.61 Å². The van der Waals surface area contributed by atoms with Crippen LogP contribution in [0.25, 0.3) is 10.8 Å². The van der Waals surface area contributed by atoms with Gasteiger partial charge in [-0.2, -0.15) is 0 Å². The number of nitrogens with one attached hydrogen (secondary N) is 1. The van der Waals surface area contributed by atoms with Crippen LogP contribution in [0.15, 0.2) is 48.6 Å². The first kappa shape index (κ1) is 14.6. The van der Waals surface area contributed by atoms with Crippen LogP contribution in [-0.2, 0) is 6.54 Å². The van der Waals surface area contributed by atoms with Crippen LogP contribution in [0.1, 0.15) is 25.8 Å². The van der Waals surface area contributed by atoms with Gasteiger partial charge in [-0.05, 0) is 42.3 Å². The van der Waals surface area contributed by atoms with Crippen molar-refractivity contribution in [2.24, 2.45) is 0 Å². The van der Waals surface area contributed by atoms with E-state index in [-0.39, 0.29) is 0 Å². The lowest BCUT2D eigenvalue weighted by atomic mass is 10.0. The summed E-state index contributed by atoms with van der Waals surface area (Å²) in [6, 6.07) is 12.6. The van der Waals surface area contributed by atoms with Crippen molar-refractivity contribution in [3.8, 4) is 5.75 Å². The Hall–Kier alpha value is -1.80. The van der Waals surface area contributed by atoms with Crippen molar-refractivity contribution < 1.29 is 4.74 Å². The van der Waals surface area contributed by atoms with Crippen molar-refractivity contribution >= 4 is 10.8 Å². The zero-order valence-corrected chi connectivity index (χ0v) is 12.4. The molecule has 0 fully saturated rings. The normalized spacial score (nSPS) is 10.7. The molecule has 0 aromatic heterocycles. The predicted octanol–water partition coefficient (Wildman–Crippen LogP) is 4.29. The van der Waals surface area contributed by atoms with Gasteiger partial charge in [0.2, 0.25) is 0 Å². The van der Waals surface area contributed by atoms with Crippen molar-refractivity contribution in [1.29, 1.82) is 0 Å². The van der Waals surface area contributed by atoms with E-state index in [0.717, 1.165) is 30.8 Å². The molecule has 0 aliphatic heterocycles. The molecule has 20 heavy (non-hydrogen) atoms. The molecule has 106 valence electrons. The lowest BCUT2D eigenvalue weighted by molar-refractivity contribution is 0.348. The molecule has 2 nitrogen and oxygen atoms in total. The van der Waals surface area contributed by atoms with Gasteiger partial charge in [-0.25, -0.2) is 0 Å². The number of hydrogen-bond acceptors (Lipinski definition) is 2. The molecular weight excluding hydrogens is 246 g/mol. The minimum Gasteiger partial charge on any atom is -0.489 e. The Morgan fingerprint density at radius 2 is 2.00 bits per heavy atom. The summed E-state index contributed by atoms with van der Waals surface area (Å²) < 4.78 is 5.90. The number of fused-ring (bicyclic) bond motifs is 1. The summed E-state index contributed by atoms with van der Waals surface area (Å²) in [5, 5.41) is 5.98. The molecule has 0 saturated heterocycles. The lowest BCUT2D eigenvalue weighted by Gasteiger charge is -2.15. The number of benzene rings is 2. The lowest BCUT2D eigenvalue weighted by Crippen LogP contribution is -2.15. The highest BCUT2D eigenvalue weighted by atomic mass is 16.5.